The van der Waals surface area contributed by atoms with Crippen molar-refractivity contribution in [1.82, 2.24) is 0 Å². The largest absolute Gasteiger partial charge is 0.497 e. The number of hydrogen-bond donors (Lipinski definition) is 2. The molecule has 0 bridgehead atoms. The molecule has 1 atom stereocenters. The smallest absolute Gasteiger partial charge is 0.245 e. The van der Waals surface area contributed by atoms with E-state index < -0.39 is 6.04 Å². The Kier molecular flexibility index (Phi) is 4.79. The van der Waals surface area contributed by atoms with Crippen molar-refractivity contribution >= 4 is 11.6 Å². The van der Waals surface area contributed by atoms with Gasteiger partial charge in [0.1, 0.15) is 17.5 Å². The lowest BCUT2D eigenvalue weighted by Gasteiger charge is -2.14. The molecule has 0 saturated carbocycles. The van der Waals surface area contributed by atoms with Gasteiger partial charge in [-0.3, -0.25) is 4.79 Å². The maximum absolute atomic E-state index is 12.2. The second-order valence-corrected chi connectivity index (χ2v) is 4.48. The Morgan fingerprint density at radius 3 is 2.14 bits per heavy atom. The third kappa shape index (κ3) is 3.73. The number of amides is 1. The highest BCUT2D eigenvalue weighted by atomic mass is 16.5. The molecule has 0 saturated heterocycles. The number of anilines is 1. The zero-order chi connectivity index (χ0) is 15.2. The summed E-state index contributed by atoms with van der Waals surface area (Å²) >= 11 is 0. The number of benzene rings is 2. The first kappa shape index (κ1) is 14.9. The molecule has 2 rings (SSSR count). The van der Waals surface area contributed by atoms with Gasteiger partial charge in [-0.1, -0.05) is 30.3 Å². The monoisotopic (exact) mass is 286 g/mol. The highest BCUT2D eigenvalue weighted by Crippen LogP contribution is 2.26. The topological polar surface area (TPSA) is 73.6 Å². The third-order valence-electron chi connectivity index (χ3n) is 3.06. The van der Waals surface area contributed by atoms with Crippen molar-refractivity contribution in [3.05, 3.63) is 54.1 Å². The summed E-state index contributed by atoms with van der Waals surface area (Å²) in [5.74, 6) is 0.896. The number of nitrogens with two attached hydrogens (primary N) is 1. The van der Waals surface area contributed by atoms with Gasteiger partial charge in [0, 0.05) is 23.9 Å². The van der Waals surface area contributed by atoms with Gasteiger partial charge in [0.05, 0.1) is 14.2 Å². The number of methoxy groups -OCH3 is 2. The number of hydrogen-bond acceptors (Lipinski definition) is 4. The molecule has 110 valence electrons. The number of carbonyl (C=O) groups excluding carboxylic acids is 1. The van der Waals surface area contributed by atoms with Crippen LogP contribution in [0.4, 0.5) is 5.69 Å². The predicted octanol–water partition coefficient (Wildman–Crippen LogP) is 2.34. The van der Waals surface area contributed by atoms with Crippen LogP contribution in [0.2, 0.25) is 0 Å². The molecule has 0 fully saturated rings. The zero-order valence-corrected chi connectivity index (χ0v) is 12.0. The Morgan fingerprint density at radius 1 is 1.05 bits per heavy atom. The van der Waals surface area contributed by atoms with Gasteiger partial charge in [-0.25, -0.2) is 0 Å². The maximum atomic E-state index is 12.2. The first-order valence-corrected chi connectivity index (χ1v) is 6.48. The van der Waals surface area contributed by atoms with Gasteiger partial charge in [0.25, 0.3) is 0 Å². The van der Waals surface area contributed by atoms with Crippen LogP contribution in [0.5, 0.6) is 11.5 Å². The molecule has 0 heterocycles. The maximum Gasteiger partial charge on any atom is 0.245 e. The summed E-state index contributed by atoms with van der Waals surface area (Å²) < 4.78 is 10.3. The first-order chi connectivity index (χ1) is 10.1. The molecule has 5 nitrogen and oxygen atoms in total. The molecule has 0 radical (unpaired) electrons. The van der Waals surface area contributed by atoms with E-state index in [0.29, 0.717) is 17.2 Å². The summed E-state index contributed by atoms with van der Waals surface area (Å²) in [6.45, 7) is 0. The van der Waals surface area contributed by atoms with Crippen molar-refractivity contribution in [1.29, 1.82) is 0 Å². The van der Waals surface area contributed by atoms with Crippen LogP contribution in [0.1, 0.15) is 11.6 Å². The van der Waals surface area contributed by atoms with Crippen LogP contribution in [-0.2, 0) is 4.79 Å². The van der Waals surface area contributed by atoms with Gasteiger partial charge in [-0.15, -0.1) is 0 Å². The fraction of sp³-hybridized carbons (Fsp3) is 0.188. The number of rotatable bonds is 5. The number of nitrogens with one attached hydrogen (secondary N) is 1. The molecule has 2 aromatic rings. The molecule has 0 unspecified atom stereocenters. The van der Waals surface area contributed by atoms with Crippen LogP contribution < -0.4 is 20.5 Å². The predicted molar refractivity (Wildman–Crippen MR) is 81.5 cm³/mol. The van der Waals surface area contributed by atoms with Crippen molar-refractivity contribution in [2.75, 3.05) is 19.5 Å². The van der Waals surface area contributed by atoms with Gasteiger partial charge in [-0.2, -0.15) is 0 Å². The summed E-state index contributed by atoms with van der Waals surface area (Å²) in [6.07, 6.45) is 0. The van der Waals surface area contributed by atoms with E-state index in [1.807, 2.05) is 30.3 Å². The SMILES string of the molecule is COc1cc(NC(=O)[C@@H](N)c2ccccc2)cc(OC)c1. The molecule has 21 heavy (non-hydrogen) atoms. The van der Waals surface area contributed by atoms with Gasteiger partial charge >= 0.3 is 0 Å². The standard InChI is InChI=1S/C16H18N2O3/c1-20-13-8-12(9-14(10-13)21-2)18-16(19)15(17)11-6-4-3-5-7-11/h3-10,15H,17H2,1-2H3,(H,18,19)/t15-/m0/s1. The van der Waals surface area contributed by atoms with Gasteiger partial charge in [0.2, 0.25) is 5.91 Å². The summed E-state index contributed by atoms with van der Waals surface area (Å²) in [7, 11) is 3.10. The Balaban J connectivity index is 2.16. The van der Waals surface area contributed by atoms with Crippen molar-refractivity contribution in [2.24, 2.45) is 5.73 Å². The van der Waals surface area contributed by atoms with E-state index in [2.05, 4.69) is 5.32 Å². The fourth-order valence-electron chi connectivity index (χ4n) is 1.91. The van der Waals surface area contributed by atoms with Crippen molar-refractivity contribution in [3.63, 3.8) is 0 Å². The second-order valence-electron chi connectivity index (χ2n) is 4.48. The minimum atomic E-state index is -0.733. The lowest BCUT2D eigenvalue weighted by atomic mass is 10.1. The van der Waals surface area contributed by atoms with Crippen molar-refractivity contribution in [2.45, 2.75) is 6.04 Å². The molecule has 0 aliphatic rings. The van der Waals surface area contributed by atoms with Crippen LogP contribution in [-0.4, -0.2) is 20.1 Å². The minimum absolute atomic E-state index is 0.295. The molecular weight excluding hydrogens is 268 g/mol. The van der Waals surface area contributed by atoms with E-state index in [9.17, 15) is 4.79 Å². The normalized spacial score (nSPS) is 11.6. The van der Waals surface area contributed by atoms with Crippen LogP contribution in [0.25, 0.3) is 0 Å². The highest BCUT2D eigenvalue weighted by molar-refractivity contribution is 5.95. The van der Waals surface area contributed by atoms with Crippen molar-refractivity contribution < 1.29 is 14.3 Å². The lowest BCUT2D eigenvalue weighted by molar-refractivity contribution is -0.117. The Hall–Kier alpha value is -2.53. The van der Waals surface area contributed by atoms with E-state index in [1.165, 1.54) is 0 Å². The molecular formula is C16H18N2O3. The van der Waals surface area contributed by atoms with Gasteiger partial charge in [0.15, 0.2) is 0 Å². The molecule has 1 amide bonds. The van der Waals surface area contributed by atoms with E-state index in [1.54, 1.807) is 32.4 Å². The molecule has 0 aromatic heterocycles. The van der Waals surface area contributed by atoms with E-state index in [4.69, 9.17) is 15.2 Å². The van der Waals surface area contributed by atoms with Crippen LogP contribution in [0, 0.1) is 0 Å². The summed E-state index contributed by atoms with van der Waals surface area (Å²) in [6, 6.07) is 13.6. The van der Waals surface area contributed by atoms with Crippen LogP contribution >= 0.6 is 0 Å². The fourth-order valence-corrected chi connectivity index (χ4v) is 1.91. The van der Waals surface area contributed by atoms with Gasteiger partial charge < -0.3 is 20.5 Å². The van der Waals surface area contributed by atoms with E-state index in [0.717, 1.165) is 5.56 Å². The molecule has 0 spiro atoms. The van der Waals surface area contributed by atoms with E-state index in [-0.39, 0.29) is 5.91 Å². The average Bonchev–Trinajstić information content (AvgIpc) is 2.54. The average molecular weight is 286 g/mol. The molecule has 0 aliphatic carbocycles. The minimum Gasteiger partial charge on any atom is -0.497 e. The first-order valence-electron chi connectivity index (χ1n) is 6.48. The summed E-state index contributed by atoms with van der Waals surface area (Å²) in [4.78, 5) is 12.2. The Morgan fingerprint density at radius 2 is 1.62 bits per heavy atom. The number of carbonyl (C=O) groups is 1. The zero-order valence-electron chi connectivity index (χ0n) is 12.0. The van der Waals surface area contributed by atoms with Crippen molar-refractivity contribution in [3.8, 4) is 11.5 Å². The molecule has 2 aromatic carbocycles. The Bertz CT molecular complexity index is 592. The second kappa shape index (κ2) is 6.76. The van der Waals surface area contributed by atoms with E-state index >= 15 is 0 Å². The molecule has 3 N–H and O–H groups in total. The quantitative estimate of drug-likeness (QED) is 0.884. The van der Waals surface area contributed by atoms with Crippen LogP contribution in [0.15, 0.2) is 48.5 Å². The summed E-state index contributed by atoms with van der Waals surface area (Å²) in [5.41, 5.74) is 7.28. The summed E-state index contributed by atoms with van der Waals surface area (Å²) in [5, 5.41) is 2.77. The lowest BCUT2D eigenvalue weighted by Crippen LogP contribution is -2.27. The van der Waals surface area contributed by atoms with Crippen LogP contribution in [0.3, 0.4) is 0 Å². The highest BCUT2D eigenvalue weighted by Gasteiger charge is 2.16. The third-order valence-corrected chi connectivity index (χ3v) is 3.06. The Labute approximate surface area is 123 Å². The van der Waals surface area contributed by atoms with Gasteiger partial charge in [-0.05, 0) is 5.56 Å². The number of ether oxygens (including phenoxy) is 2. The molecule has 5 heteroatoms. The molecule has 0 aliphatic heterocycles.